The Balaban J connectivity index is 1.73. The maximum Gasteiger partial charge on any atom is 0.118 e. The molecule has 2 aromatic carbocycles. The quantitative estimate of drug-likeness (QED) is 0.731. The smallest absolute Gasteiger partial charge is 0.118 e. The van der Waals surface area contributed by atoms with Gasteiger partial charge in [0.1, 0.15) is 5.75 Å². The van der Waals surface area contributed by atoms with Crippen LogP contribution in [0.1, 0.15) is 24.5 Å². The molecule has 1 aliphatic rings. The van der Waals surface area contributed by atoms with Gasteiger partial charge >= 0.3 is 0 Å². The number of benzene rings is 2. The van der Waals surface area contributed by atoms with Crippen molar-refractivity contribution in [3.8, 4) is 17.6 Å². The first-order valence-corrected chi connectivity index (χ1v) is 7.41. The van der Waals surface area contributed by atoms with Gasteiger partial charge in [-0.25, -0.2) is 0 Å². The summed E-state index contributed by atoms with van der Waals surface area (Å²) in [5, 5.41) is 0.781. The molecule has 0 unspecified atom stereocenters. The summed E-state index contributed by atoms with van der Waals surface area (Å²) in [6, 6.07) is 16.0. The average molecular weight is 297 g/mol. The second-order valence-corrected chi connectivity index (χ2v) is 6.12. The molecule has 106 valence electrons. The van der Waals surface area contributed by atoms with Crippen LogP contribution in [-0.4, -0.2) is 7.11 Å². The van der Waals surface area contributed by atoms with Gasteiger partial charge in [0, 0.05) is 21.9 Å². The van der Waals surface area contributed by atoms with Crippen LogP contribution in [0.25, 0.3) is 0 Å². The van der Waals surface area contributed by atoms with Gasteiger partial charge in [0.05, 0.1) is 7.11 Å². The number of ether oxygens (including phenoxy) is 1. The fourth-order valence-electron chi connectivity index (χ4n) is 2.57. The van der Waals surface area contributed by atoms with E-state index in [0.717, 1.165) is 22.8 Å². The zero-order valence-corrected chi connectivity index (χ0v) is 12.9. The van der Waals surface area contributed by atoms with Crippen molar-refractivity contribution in [2.45, 2.75) is 18.8 Å². The second-order valence-electron chi connectivity index (χ2n) is 5.68. The summed E-state index contributed by atoms with van der Waals surface area (Å²) in [7, 11) is 1.67. The van der Waals surface area contributed by atoms with Gasteiger partial charge in [-0.15, -0.1) is 0 Å². The third-order valence-corrected chi connectivity index (χ3v) is 4.47. The van der Waals surface area contributed by atoms with E-state index >= 15 is 0 Å². The van der Waals surface area contributed by atoms with Gasteiger partial charge in [-0.2, -0.15) is 0 Å². The van der Waals surface area contributed by atoms with Crippen LogP contribution in [0.3, 0.4) is 0 Å². The molecule has 0 aliphatic heterocycles. The van der Waals surface area contributed by atoms with Crippen LogP contribution in [0.4, 0.5) is 0 Å². The minimum atomic E-state index is 0.171. The predicted octanol–water partition coefficient (Wildman–Crippen LogP) is 4.68. The molecule has 0 spiro atoms. The Hall–Kier alpha value is -1.91. The first-order chi connectivity index (χ1) is 10.1. The third-order valence-electron chi connectivity index (χ3n) is 4.22. The molecule has 3 rings (SSSR count). The maximum absolute atomic E-state index is 5.95. The lowest BCUT2D eigenvalue weighted by Gasteiger charge is -2.09. The highest BCUT2D eigenvalue weighted by atomic mass is 35.5. The molecule has 0 heterocycles. The predicted molar refractivity (Wildman–Crippen MR) is 86.8 cm³/mol. The Morgan fingerprint density at radius 1 is 1.10 bits per heavy atom. The fraction of sp³-hybridized carbons (Fsp3) is 0.263. The molecule has 0 saturated heterocycles. The van der Waals surface area contributed by atoms with E-state index in [1.54, 1.807) is 7.11 Å². The molecule has 2 aromatic rings. The van der Waals surface area contributed by atoms with Crippen molar-refractivity contribution in [2.24, 2.45) is 5.92 Å². The van der Waals surface area contributed by atoms with Gasteiger partial charge < -0.3 is 4.74 Å². The lowest BCUT2D eigenvalue weighted by molar-refractivity contribution is 0.415. The summed E-state index contributed by atoms with van der Waals surface area (Å²) in [4.78, 5) is 0. The molecule has 21 heavy (non-hydrogen) atoms. The van der Waals surface area contributed by atoms with Gasteiger partial charge in [0.15, 0.2) is 0 Å². The van der Waals surface area contributed by atoms with Crippen LogP contribution >= 0.6 is 11.6 Å². The number of rotatable bonds is 2. The first kappa shape index (κ1) is 14.0. The number of hydrogen-bond acceptors (Lipinski definition) is 1. The summed E-state index contributed by atoms with van der Waals surface area (Å²) in [5.74, 6) is 7.93. The molecule has 0 bridgehead atoms. The molecule has 2 atom stereocenters. The molecular formula is C19H17ClO. The molecule has 0 radical (unpaired) electrons. The van der Waals surface area contributed by atoms with Crippen LogP contribution in [-0.2, 0) is 5.41 Å². The van der Waals surface area contributed by atoms with Crippen LogP contribution < -0.4 is 4.74 Å². The van der Waals surface area contributed by atoms with Crippen LogP contribution in [0, 0.1) is 17.8 Å². The molecule has 2 heteroatoms. The van der Waals surface area contributed by atoms with Gasteiger partial charge in [-0.05, 0) is 48.4 Å². The molecular weight excluding hydrogens is 280 g/mol. The van der Waals surface area contributed by atoms with Gasteiger partial charge in [-0.3, -0.25) is 0 Å². The van der Waals surface area contributed by atoms with E-state index < -0.39 is 0 Å². The summed E-state index contributed by atoms with van der Waals surface area (Å²) < 4.78 is 5.15. The van der Waals surface area contributed by atoms with Crippen molar-refractivity contribution in [3.05, 3.63) is 64.7 Å². The lowest BCUT2D eigenvalue weighted by atomic mass is 9.95. The minimum absolute atomic E-state index is 0.171. The molecule has 1 saturated carbocycles. The van der Waals surface area contributed by atoms with Crippen molar-refractivity contribution in [3.63, 3.8) is 0 Å². The van der Waals surface area contributed by atoms with Crippen LogP contribution in [0.2, 0.25) is 5.02 Å². The second kappa shape index (κ2) is 5.47. The summed E-state index contributed by atoms with van der Waals surface area (Å²) in [6.45, 7) is 2.27. The summed E-state index contributed by atoms with van der Waals surface area (Å²) in [5.41, 5.74) is 2.52. The lowest BCUT2D eigenvalue weighted by Crippen LogP contribution is -2.03. The van der Waals surface area contributed by atoms with Gasteiger partial charge in [-0.1, -0.05) is 42.5 Å². The topological polar surface area (TPSA) is 9.23 Å². The number of hydrogen-bond donors (Lipinski definition) is 0. The van der Waals surface area contributed by atoms with Crippen molar-refractivity contribution in [2.75, 3.05) is 7.11 Å². The normalized spacial score (nSPS) is 23.1. The highest BCUT2D eigenvalue weighted by Crippen LogP contribution is 2.53. The van der Waals surface area contributed by atoms with Crippen molar-refractivity contribution in [1.29, 1.82) is 0 Å². The van der Waals surface area contributed by atoms with Gasteiger partial charge in [0.2, 0.25) is 0 Å². The van der Waals surface area contributed by atoms with E-state index in [2.05, 4.69) is 30.9 Å². The third kappa shape index (κ3) is 2.91. The molecule has 1 nitrogen and oxygen atoms in total. The fourth-order valence-corrected chi connectivity index (χ4v) is 2.70. The standard InChI is InChI=1S/C19H17ClO/c1-19(15-7-9-17(20)10-8-15)13-16(19)6-3-14-4-11-18(21-2)12-5-14/h4-5,7-12,16H,13H2,1-2H3/t16-,19+/m1/s1. The Morgan fingerprint density at radius 2 is 1.76 bits per heavy atom. The van der Waals surface area contributed by atoms with Crippen molar-refractivity contribution < 1.29 is 4.74 Å². The Labute approximate surface area is 130 Å². The van der Waals surface area contributed by atoms with E-state index in [4.69, 9.17) is 16.3 Å². The summed E-state index contributed by atoms with van der Waals surface area (Å²) >= 11 is 5.95. The Bertz CT molecular complexity index is 691. The van der Waals surface area contributed by atoms with E-state index in [-0.39, 0.29) is 5.41 Å². The first-order valence-electron chi connectivity index (χ1n) is 7.03. The van der Waals surface area contributed by atoms with Crippen LogP contribution in [0.15, 0.2) is 48.5 Å². The van der Waals surface area contributed by atoms with Crippen molar-refractivity contribution >= 4 is 11.6 Å². The minimum Gasteiger partial charge on any atom is -0.497 e. The van der Waals surface area contributed by atoms with Crippen molar-refractivity contribution in [1.82, 2.24) is 0 Å². The molecule has 0 N–H and O–H groups in total. The van der Waals surface area contributed by atoms with E-state index in [1.807, 2.05) is 36.4 Å². The zero-order chi connectivity index (χ0) is 14.9. The number of methoxy groups -OCH3 is 1. The summed E-state index contributed by atoms with van der Waals surface area (Å²) in [6.07, 6.45) is 1.11. The largest absolute Gasteiger partial charge is 0.497 e. The van der Waals surface area contributed by atoms with E-state index in [1.165, 1.54) is 5.56 Å². The van der Waals surface area contributed by atoms with E-state index in [0.29, 0.717) is 5.92 Å². The number of halogens is 1. The monoisotopic (exact) mass is 296 g/mol. The SMILES string of the molecule is COc1ccc(C#C[C@@H]2C[C@@]2(C)c2ccc(Cl)cc2)cc1. The zero-order valence-electron chi connectivity index (χ0n) is 12.2. The highest BCUT2D eigenvalue weighted by Gasteiger charge is 2.50. The average Bonchev–Trinajstić information content (AvgIpc) is 3.18. The maximum atomic E-state index is 5.95. The van der Waals surface area contributed by atoms with E-state index in [9.17, 15) is 0 Å². The molecule has 0 amide bonds. The Kier molecular flexibility index (Phi) is 3.66. The van der Waals surface area contributed by atoms with Crippen LogP contribution in [0.5, 0.6) is 5.75 Å². The molecule has 0 aromatic heterocycles. The molecule has 1 aliphatic carbocycles. The van der Waals surface area contributed by atoms with Gasteiger partial charge in [0.25, 0.3) is 0 Å². The molecule has 1 fully saturated rings. The Morgan fingerprint density at radius 3 is 2.38 bits per heavy atom. The highest BCUT2D eigenvalue weighted by molar-refractivity contribution is 6.30.